The Hall–Kier alpha value is -2.24. The molecule has 2 bridgehead atoms. The Bertz CT molecular complexity index is 795. The van der Waals surface area contributed by atoms with Gasteiger partial charge in [0.05, 0.1) is 5.92 Å². The van der Waals surface area contributed by atoms with Crippen LogP contribution in [-0.2, 0) is 10.2 Å². The van der Waals surface area contributed by atoms with Gasteiger partial charge < -0.3 is 9.73 Å². The highest BCUT2D eigenvalue weighted by molar-refractivity contribution is 5.83. The van der Waals surface area contributed by atoms with Gasteiger partial charge in [-0.2, -0.15) is 0 Å². The van der Waals surface area contributed by atoms with Crippen LogP contribution in [0.15, 0.2) is 28.9 Å². The number of nitrogens with one attached hydrogen (secondary N) is 1. The number of hydrogen-bond donors (Lipinski definition) is 1. The number of amides is 1. The molecule has 1 N–H and O–H groups in total. The fraction of sp³-hybridized carbons (Fsp3) is 0.579. The molecule has 1 amide bonds. The van der Waals surface area contributed by atoms with Crippen LogP contribution in [0.3, 0.4) is 0 Å². The number of pyridine rings is 1. The summed E-state index contributed by atoms with van der Waals surface area (Å²) in [6, 6.07) is 4.40. The van der Waals surface area contributed by atoms with Crippen molar-refractivity contribution >= 4 is 5.91 Å². The molecule has 0 aromatic carbocycles. The average molecular weight is 338 g/mol. The van der Waals surface area contributed by atoms with E-state index in [0.29, 0.717) is 23.6 Å². The van der Waals surface area contributed by atoms with Crippen molar-refractivity contribution in [3.8, 4) is 0 Å². The fourth-order valence-electron chi connectivity index (χ4n) is 5.27. The van der Waals surface area contributed by atoms with Gasteiger partial charge in [-0.25, -0.2) is 0 Å². The Kier molecular flexibility index (Phi) is 3.24. The van der Waals surface area contributed by atoms with E-state index in [4.69, 9.17) is 4.42 Å². The summed E-state index contributed by atoms with van der Waals surface area (Å²) >= 11 is 0. The lowest BCUT2D eigenvalue weighted by Gasteiger charge is -2.48. The molecule has 6 rings (SSSR count). The molecule has 130 valence electrons. The number of aryl methyl sites for hydroxylation is 1. The highest BCUT2D eigenvalue weighted by Crippen LogP contribution is 2.64. The minimum atomic E-state index is 0.0461. The van der Waals surface area contributed by atoms with Crippen LogP contribution in [0.25, 0.3) is 0 Å². The number of carbonyl (C=O) groups excluding carboxylic acids is 1. The van der Waals surface area contributed by atoms with Gasteiger partial charge in [-0.05, 0) is 55.7 Å². The maximum atomic E-state index is 12.9. The van der Waals surface area contributed by atoms with E-state index < -0.39 is 0 Å². The van der Waals surface area contributed by atoms with Crippen LogP contribution < -0.4 is 5.32 Å². The summed E-state index contributed by atoms with van der Waals surface area (Å²) in [5.41, 5.74) is 1.33. The largest absolute Gasteiger partial charge is 0.425 e. The Labute approximate surface area is 146 Å². The molecule has 0 aliphatic heterocycles. The normalized spacial score (nSPS) is 35.7. The Morgan fingerprint density at radius 1 is 1.28 bits per heavy atom. The van der Waals surface area contributed by atoms with E-state index in [1.54, 1.807) is 6.92 Å². The molecule has 0 spiro atoms. The quantitative estimate of drug-likeness (QED) is 0.926. The summed E-state index contributed by atoms with van der Waals surface area (Å²) in [5.74, 6) is 2.50. The molecule has 4 fully saturated rings. The minimum absolute atomic E-state index is 0.0461. The van der Waals surface area contributed by atoms with Gasteiger partial charge in [0.2, 0.25) is 17.7 Å². The SMILES string of the molecule is Cc1nnc(C2CC(NC(=O)C3C4CCC3(c3ccncc3)C4)C2)o1. The molecule has 25 heavy (non-hydrogen) atoms. The van der Waals surface area contributed by atoms with Crippen molar-refractivity contribution in [1.82, 2.24) is 20.5 Å². The molecule has 2 aromatic rings. The standard InChI is InChI=1S/C19H22N4O2/c1-11-22-23-18(25-11)13-8-15(9-13)21-17(24)16-12-2-5-19(16,10-12)14-3-6-20-7-4-14/h3-4,6-7,12-13,15-16H,2,5,8-10H2,1H3,(H,21,24). The predicted molar refractivity (Wildman–Crippen MR) is 89.7 cm³/mol. The second kappa shape index (κ2) is 5.38. The van der Waals surface area contributed by atoms with Crippen LogP contribution in [0.2, 0.25) is 0 Å². The van der Waals surface area contributed by atoms with Crippen molar-refractivity contribution in [3.63, 3.8) is 0 Å². The summed E-state index contributed by atoms with van der Waals surface area (Å²) in [6.45, 7) is 1.80. The highest BCUT2D eigenvalue weighted by Gasteiger charge is 2.62. The first-order valence-electron chi connectivity index (χ1n) is 9.16. The van der Waals surface area contributed by atoms with Crippen molar-refractivity contribution in [2.75, 3.05) is 0 Å². The zero-order valence-corrected chi connectivity index (χ0v) is 14.3. The number of rotatable bonds is 4. The third kappa shape index (κ3) is 2.23. The monoisotopic (exact) mass is 338 g/mol. The van der Waals surface area contributed by atoms with E-state index in [2.05, 4.69) is 32.6 Å². The third-order valence-electron chi connectivity index (χ3n) is 6.57. The summed E-state index contributed by atoms with van der Waals surface area (Å²) < 4.78 is 5.50. The molecule has 4 aliphatic rings. The summed E-state index contributed by atoms with van der Waals surface area (Å²) in [7, 11) is 0. The number of hydrogen-bond acceptors (Lipinski definition) is 5. The predicted octanol–water partition coefficient (Wildman–Crippen LogP) is 2.50. The van der Waals surface area contributed by atoms with E-state index in [1.807, 2.05) is 12.4 Å². The van der Waals surface area contributed by atoms with Gasteiger partial charge >= 0.3 is 0 Å². The molecular formula is C19H22N4O2. The van der Waals surface area contributed by atoms with E-state index in [9.17, 15) is 4.79 Å². The zero-order valence-electron chi connectivity index (χ0n) is 14.3. The minimum Gasteiger partial charge on any atom is -0.425 e. The van der Waals surface area contributed by atoms with Crippen molar-refractivity contribution < 1.29 is 9.21 Å². The van der Waals surface area contributed by atoms with Crippen molar-refractivity contribution in [2.24, 2.45) is 11.8 Å². The van der Waals surface area contributed by atoms with E-state index >= 15 is 0 Å². The summed E-state index contributed by atoms with van der Waals surface area (Å²) in [6.07, 6.45) is 8.90. The van der Waals surface area contributed by atoms with Gasteiger partial charge in [-0.15, -0.1) is 10.2 Å². The van der Waals surface area contributed by atoms with Gasteiger partial charge in [0.15, 0.2) is 0 Å². The smallest absolute Gasteiger partial charge is 0.224 e. The van der Waals surface area contributed by atoms with Gasteiger partial charge in [-0.1, -0.05) is 0 Å². The van der Waals surface area contributed by atoms with Crippen LogP contribution in [0.5, 0.6) is 0 Å². The van der Waals surface area contributed by atoms with E-state index in [0.717, 1.165) is 32.1 Å². The molecule has 6 heteroatoms. The Balaban J connectivity index is 1.24. The Morgan fingerprint density at radius 3 is 2.76 bits per heavy atom. The van der Waals surface area contributed by atoms with Crippen molar-refractivity contribution in [1.29, 1.82) is 0 Å². The molecule has 3 unspecified atom stereocenters. The molecule has 4 aliphatic carbocycles. The number of fused-ring (bicyclic) bond motifs is 1. The molecule has 0 saturated heterocycles. The maximum Gasteiger partial charge on any atom is 0.224 e. The second-order valence-corrected chi connectivity index (χ2v) is 7.91. The van der Waals surface area contributed by atoms with Crippen molar-refractivity contribution in [2.45, 2.75) is 56.4 Å². The number of carbonyl (C=O) groups is 1. The first-order chi connectivity index (χ1) is 12.2. The van der Waals surface area contributed by atoms with Gasteiger partial charge in [0, 0.05) is 36.7 Å². The summed E-state index contributed by atoms with van der Waals surface area (Å²) in [5, 5.41) is 11.3. The first kappa shape index (κ1) is 15.0. The second-order valence-electron chi connectivity index (χ2n) is 7.91. The van der Waals surface area contributed by atoms with Crippen LogP contribution >= 0.6 is 0 Å². The topological polar surface area (TPSA) is 80.9 Å². The molecule has 2 heterocycles. The van der Waals surface area contributed by atoms with Crippen molar-refractivity contribution in [3.05, 3.63) is 41.9 Å². The molecule has 2 aromatic heterocycles. The fourth-order valence-corrected chi connectivity index (χ4v) is 5.27. The van der Waals surface area contributed by atoms with Crippen LogP contribution in [-0.4, -0.2) is 27.1 Å². The van der Waals surface area contributed by atoms with Crippen LogP contribution in [0.1, 0.15) is 55.4 Å². The van der Waals surface area contributed by atoms with Gasteiger partial charge in [-0.3, -0.25) is 9.78 Å². The van der Waals surface area contributed by atoms with E-state index in [-0.39, 0.29) is 23.3 Å². The first-order valence-corrected chi connectivity index (χ1v) is 9.16. The lowest BCUT2D eigenvalue weighted by molar-refractivity contribution is -0.134. The van der Waals surface area contributed by atoms with E-state index in [1.165, 1.54) is 5.56 Å². The summed E-state index contributed by atoms with van der Waals surface area (Å²) in [4.78, 5) is 17.1. The average Bonchev–Trinajstić information content (AvgIpc) is 3.26. The molecule has 4 saturated carbocycles. The molecule has 0 radical (unpaired) electrons. The molecule has 6 nitrogen and oxygen atoms in total. The lowest BCUT2D eigenvalue weighted by Crippen LogP contribution is -2.55. The third-order valence-corrected chi connectivity index (χ3v) is 6.57. The zero-order chi connectivity index (χ0) is 17.0. The highest BCUT2D eigenvalue weighted by atomic mass is 16.4. The maximum absolute atomic E-state index is 12.9. The number of nitrogens with zero attached hydrogens (tertiary/aromatic N) is 3. The molecule has 3 atom stereocenters. The molecular weight excluding hydrogens is 316 g/mol. The van der Waals surface area contributed by atoms with Crippen LogP contribution in [0.4, 0.5) is 0 Å². The Morgan fingerprint density at radius 2 is 2.08 bits per heavy atom. The van der Waals surface area contributed by atoms with Gasteiger partial charge in [0.25, 0.3) is 0 Å². The van der Waals surface area contributed by atoms with Gasteiger partial charge in [0.1, 0.15) is 0 Å². The number of aromatic nitrogens is 3. The van der Waals surface area contributed by atoms with Crippen LogP contribution in [0, 0.1) is 18.8 Å². The lowest BCUT2D eigenvalue weighted by atomic mass is 9.56.